The fourth-order valence-electron chi connectivity index (χ4n) is 2.21. The van der Waals surface area contributed by atoms with Crippen LogP contribution in [-0.2, 0) is 6.42 Å². The number of para-hydroxylation sites is 1. The standard InChI is InChI=1S/C17H23FN4S/c1-22(16-8-3-2-7-15(16)18)12-5-10-20-17(19)21-11-9-14-6-4-13-23-14/h2-4,6-8,13H,5,9-12H2,1H3,(H3,19,20,21). The molecule has 0 aliphatic heterocycles. The van der Waals surface area contributed by atoms with Crippen molar-refractivity contribution < 1.29 is 4.39 Å². The van der Waals surface area contributed by atoms with Gasteiger partial charge in [-0.3, -0.25) is 4.99 Å². The molecule has 0 fully saturated rings. The van der Waals surface area contributed by atoms with Crippen LogP contribution < -0.4 is 16.0 Å². The monoisotopic (exact) mass is 334 g/mol. The van der Waals surface area contributed by atoms with Crippen LogP contribution in [0.3, 0.4) is 0 Å². The maximum atomic E-state index is 13.6. The van der Waals surface area contributed by atoms with Gasteiger partial charge in [0.2, 0.25) is 0 Å². The average Bonchev–Trinajstić information content (AvgIpc) is 3.05. The average molecular weight is 334 g/mol. The van der Waals surface area contributed by atoms with Crippen molar-refractivity contribution in [3.05, 3.63) is 52.5 Å². The van der Waals surface area contributed by atoms with Crippen LogP contribution in [0.1, 0.15) is 11.3 Å². The van der Waals surface area contributed by atoms with E-state index in [1.165, 1.54) is 10.9 Å². The van der Waals surface area contributed by atoms with Gasteiger partial charge in [0.05, 0.1) is 5.69 Å². The Balaban J connectivity index is 1.64. The summed E-state index contributed by atoms with van der Waals surface area (Å²) in [6, 6.07) is 10.9. The Labute approximate surface area is 140 Å². The van der Waals surface area contributed by atoms with Crippen LogP contribution in [0.2, 0.25) is 0 Å². The van der Waals surface area contributed by atoms with Gasteiger partial charge in [-0.1, -0.05) is 18.2 Å². The molecule has 0 radical (unpaired) electrons. The molecule has 0 saturated carbocycles. The van der Waals surface area contributed by atoms with Crippen LogP contribution in [0, 0.1) is 5.82 Å². The predicted octanol–water partition coefficient (Wildman–Crippen LogP) is 2.86. The van der Waals surface area contributed by atoms with Gasteiger partial charge in [-0.05, 0) is 36.4 Å². The third-order valence-electron chi connectivity index (χ3n) is 3.46. The summed E-state index contributed by atoms with van der Waals surface area (Å²) in [6.45, 7) is 2.13. The third-order valence-corrected chi connectivity index (χ3v) is 4.39. The molecule has 3 N–H and O–H groups in total. The number of halogens is 1. The maximum Gasteiger partial charge on any atom is 0.188 e. The number of rotatable bonds is 8. The number of hydrogen-bond acceptors (Lipinski definition) is 3. The Bertz CT molecular complexity index is 613. The second-order valence-corrected chi connectivity index (χ2v) is 6.28. The molecule has 4 nitrogen and oxygen atoms in total. The summed E-state index contributed by atoms with van der Waals surface area (Å²) in [5.74, 6) is 0.267. The number of aliphatic imine (C=N–C) groups is 1. The van der Waals surface area contributed by atoms with Gasteiger partial charge in [0.1, 0.15) is 5.82 Å². The minimum Gasteiger partial charge on any atom is -0.372 e. The number of anilines is 1. The lowest BCUT2D eigenvalue weighted by Crippen LogP contribution is -2.33. The molecule has 0 aliphatic rings. The highest BCUT2D eigenvalue weighted by molar-refractivity contribution is 7.09. The lowest BCUT2D eigenvalue weighted by Gasteiger charge is -2.19. The number of guanidine groups is 1. The number of nitrogens with two attached hydrogens (primary N) is 1. The van der Waals surface area contributed by atoms with Gasteiger partial charge in [-0.15, -0.1) is 11.3 Å². The second kappa shape index (κ2) is 9.15. The van der Waals surface area contributed by atoms with Crippen LogP contribution in [0.5, 0.6) is 0 Å². The fraction of sp³-hybridized carbons (Fsp3) is 0.353. The summed E-state index contributed by atoms with van der Waals surface area (Å²) >= 11 is 1.74. The highest BCUT2D eigenvalue weighted by atomic mass is 32.1. The van der Waals surface area contributed by atoms with E-state index < -0.39 is 0 Å². The molecule has 0 atom stereocenters. The minimum absolute atomic E-state index is 0.201. The molecular weight excluding hydrogens is 311 g/mol. The molecule has 1 aromatic carbocycles. The first-order chi connectivity index (χ1) is 11.2. The fourth-order valence-corrected chi connectivity index (χ4v) is 2.92. The highest BCUT2D eigenvalue weighted by Gasteiger charge is 2.05. The minimum atomic E-state index is -0.201. The zero-order valence-electron chi connectivity index (χ0n) is 13.3. The van der Waals surface area contributed by atoms with Crippen LogP contribution in [0.4, 0.5) is 10.1 Å². The molecule has 0 amide bonds. The SMILES string of the molecule is CN(CCCN=C(N)NCCc1cccs1)c1ccccc1F. The molecule has 0 aliphatic carbocycles. The summed E-state index contributed by atoms with van der Waals surface area (Å²) in [6.07, 6.45) is 1.77. The van der Waals surface area contributed by atoms with Gasteiger partial charge in [0.25, 0.3) is 0 Å². The zero-order chi connectivity index (χ0) is 16.5. The van der Waals surface area contributed by atoms with Crippen LogP contribution in [0.25, 0.3) is 0 Å². The Morgan fingerprint density at radius 1 is 1.30 bits per heavy atom. The molecule has 2 aromatic rings. The lowest BCUT2D eigenvalue weighted by molar-refractivity contribution is 0.620. The molecule has 1 heterocycles. The van der Waals surface area contributed by atoms with Gasteiger partial charge < -0.3 is 16.0 Å². The van der Waals surface area contributed by atoms with E-state index in [0.29, 0.717) is 18.2 Å². The van der Waals surface area contributed by atoms with Crippen molar-refractivity contribution in [2.75, 3.05) is 31.6 Å². The van der Waals surface area contributed by atoms with Crippen molar-refractivity contribution in [3.8, 4) is 0 Å². The Hall–Kier alpha value is -2.08. The topological polar surface area (TPSA) is 53.6 Å². The number of thiophene rings is 1. The van der Waals surface area contributed by atoms with E-state index >= 15 is 0 Å². The molecule has 0 saturated heterocycles. The lowest BCUT2D eigenvalue weighted by atomic mass is 10.2. The third kappa shape index (κ3) is 5.90. The van der Waals surface area contributed by atoms with Crippen molar-refractivity contribution in [1.82, 2.24) is 5.32 Å². The predicted molar refractivity (Wildman–Crippen MR) is 96.8 cm³/mol. The Morgan fingerprint density at radius 2 is 2.13 bits per heavy atom. The molecule has 1 aromatic heterocycles. The van der Waals surface area contributed by atoms with Crippen LogP contribution in [-0.4, -0.2) is 32.6 Å². The first kappa shape index (κ1) is 17.3. The number of nitrogens with zero attached hydrogens (tertiary/aromatic N) is 2. The molecule has 0 spiro atoms. The van der Waals surface area contributed by atoms with E-state index in [0.717, 1.165) is 25.9 Å². The van der Waals surface area contributed by atoms with E-state index in [1.807, 2.05) is 24.1 Å². The van der Waals surface area contributed by atoms with Crippen molar-refractivity contribution in [2.45, 2.75) is 12.8 Å². The van der Waals surface area contributed by atoms with E-state index in [4.69, 9.17) is 5.73 Å². The molecule has 2 rings (SSSR count). The van der Waals surface area contributed by atoms with Gasteiger partial charge in [0.15, 0.2) is 5.96 Å². The van der Waals surface area contributed by atoms with E-state index in [2.05, 4.69) is 21.8 Å². The number of nitrogens with one attached hydrogen (secondary N) is 1. The molecule has 124 valence electrons. The second-order valence-electron chi connectivity index (χ2n) is 5.25. The normalized spacial score (nSPS) is 11.5. The molecule has 0 bridgehead atoms. The van der Waals surface area contributed by atoms with Crippen LogP contribution in [0.15, 0.2) is 46.8 Å². The van der Waals surface area contributed by atoms with Gasteiger partial charge in [-0.2, -0.15) is 0 Å². The van der Waals surface area contributed by atoms with Gasteiger partial charge in [0, 0.05) is 31.6 Å². The Kier molecular flexibility index (Phi) is 6.87. The van der Waals surface area contributed by atoms with Crippen molar-refractivity contribution in [1.29, 1.82) is 0 Å². The smallest absolute Gasteiger partial charge is 0.188 e. The van der Waals surface area contributed by atoms with Crippen molar-refractivity contribution >= 4 is 23.0 Å². The van der Waals surface area contributed by atoms with E-state index in [-0.39, 0.29) is 5.82 Å². The first-order valence-corrected chi connectivity index (χ1v) is 8.56. The zero-order valence-corrected chi connectivity index (χ0v) is 14.2. The Morgan fingerprint density at radius 3 is 2.87 bits per heavy atom. The summed E-state index contributed by atoms with van der Waals surface area (Å²) in [4.78, 5) is 7.52. The first-order valence-electron chi connectivity index (χ1n) is 7.68. The molecule has 0 unspecified atom stereocenters. The summed E-state index contributed by atoms with van der Waals surface area (Å²) < 4.78 is 13.6. The molecule has 6 heteroatoms. The quantitative estimate of drug-likeness (QED) is 0.443. The van der Waals surface area contributed by atoms with Gasteiger partial charge >= 0.3 is 0 Å². The van der Waals surface area contributed by atoms with Crippen LogP contribution >= 0.6 is 11.3 Å². The molecular formula is C17H23FN4S. The maximum absolute atomic E-state index is 13.6. The number of benzene rings is 1. The molecule has 23 heavy (non-hydrogen) atoms. The highest BCUT2D eigenvalue weighted by Crippen LogP contribution is 2.16. The van der Waals surface area contributed by atoms with Crippen molar-refractivity contribution in [2.24, 2.45) is 10.7 Å². The summed E-state index contributed by atoms with van der Waals surface area (Å²) in [7, 11) is 1.88. The summed E-state index contributed by atoms with van der Waals surface area (Å²) in [5, 5.41) is 5.18. The number of hydrogen-bond donors (Lipinski definition) is 2. The summed E-state index contributed by atoms with van der Waals surface area (Å²) in [5.41, 5.74) is 6.44. The largest absolute Gasteiger partial charge is 0.372 e. The van der Waals surface area contributed by atoms with E-state index in [1.54, 1.807) is 23.5 Å². The van der Waals surface area contributed by atoms with E-state index in [9.17, 15) is 4.39 Å². The van der Waals surface area contributed by atoms with Crippen molar-refractivity contribution in [3.63, 3.8) is 0 Å². The van der Waals surface area contributed by atoms with Gasteiger partial charge in [-0.25, -0.2) is 4.39 Å².